The van der Waals surface area contributed by atoms with Gasteiger partial charge in [0.15, 0.2) is 0 Å². The molecule has 0 fully saturated rings. The van der Waals surface area contributed by atoms with Crippen molar-refractivity contribution in [3.8, 4) is 0 Å². The Morgan fingerprint density at radius 3 is 2.12 bits per heavy atom. The number of hydrogen-bond acceptors (Lipinski definition) is 5. The Hall–Kier alpha value is -2.77. The van der Waals surface area contributed by atoms with Gasteiger partial charge in [0.05, 0.1) is 23.6 Å². The van der Waals surface area contributed by atoms with Gasteiger partial charge in [-0.1, -0.05) is 48.5 Å². The zero-order valence-corrected chi connectivity index (χ0v) is 14.0. The first-order chi connectivity index (χ1) is 12.0. The van der Waals surface area contributed by atoms with Crippen molar-refractivity contribution < 1.29 is 22.2 Å². The fraction of sp³-hybridized carbons (Fsp3) is 0.111. The van der Waals surface area contributed by atoms with Crippen molar-refractivity contribution in [1.29, 1.82) is 0 Å². The Morgan fingerprint density at radius 1 is 0.880 bits per heavy atom. The Kier molecular flexibility index (Phi) is 4.78. The highest BCUT2D eigenvalue weighted by molar-refractivity contribution is 7.86. The zero-order chi connectivity index (χ0) is 17.9. The SMILES string of the molecule is O=C1C=C(c2ccccc2)C(=O)N1CCOS(=O)(=O)c1ccccc1. The van der Waals surface area contributed by atoms with E-state index in [1.807, 2.05) is 6.07 Å². The quantitative estimate of drug-likeness (QED) is 0.582. The number of nitrogens with zero attached hydrogens (tertiary/aromatic N) is 1. The number of benzene rings is 2. The van der Waals surface area contributed by atoms with Crippen molar-refractivity contribution in [2.45, 2.75) is 4.90 Å². The van der Waals surface area contributed by atoms with E-state index in [2.05, 4.69) is 0 Å². The Bertz CT molecular complexity index is 920. The maximum Gasteiger partial charge on any atom is 0.297 e. The maximum absolute atomic E-state index is 12.4. The van der Waals surface area contributed by atoms with Crippen LogP contribution in [0.25, 0.3) is 5.57 Å². The van der Waals surface area contributed by atoms with Crippen LogP contribution in [0.3, 0.4) is 0 Å². The summed E-state index contributed by atoms with van der Waals surface area (Å²) in [7, 11) is -3.92. The number of carbonyl (C=O) groups excluding carboxylic acids is 2. The lowest BCUT2D eigenvalue weighted by atomic mass is 10.1. The average molecular weight is 357 g/mol. The summed E-state index contributed by atoms with van der Waals surface area (Å²) in [5, 5.41) is 0. The molecule has 25 heavy (non-hydrogen) atoms. The standard InChI is InChI=1S/C18H15NO5S/c20-17-13-16(14-7-3-1-4-8-14)18(21)19(17)11-12-24-25(22,23)15-9-5-2-6-10-15/h1-10,13H,11-12H2. The molecule has 0 bridgehead atoms. The van der Waals surface area contributed by atoms with Gasteiger partial charge in [-0.15, -0.1) is 0 Å². The van der Waals surface area contributed by atoms with Crippen LogP contribution in [0.15, 0.2) is 71.6 Å². The van der Waals surface area contributed by atoms with Gasteiger partial charge in [-0.05, 0) is 17.7 Å². The third-order valence-electron chi connectivity index (χ3n) is 3.68. The fourth-order valence-electron chi connectivity index (χ4n) is 2.44. The Labute approximate surface area is 145 Å². The van der Waals surface area contributed by atoms with Crippen molar-refractivity contribution in [2.75, 3.05) is 13.2 Å². The largest absolute Gasteiger partial charge is 0.297 e. The second-order valence-electron chi connectivity index (χ2n) is 5.31. The predicted molar refractivity (Wildman–Crippen MR) is 90.7 cm³/mol. The third-order valence-corrected chi connectivity index (χ3v) is 5.01. The summed E-state index contributed by atoms with van der Waals surface area (Å²) in [4.78, 5) is 25.4. The minimum Gasteiger partial charge on any atom is -0.272 e. The van der Waals surface area contributed by atoms with E-state index in [1.54, 1.807) is 42.5 Å². The van der Waals surface area contributed by atoms with Gasteiger partial charge in [-0.3, -0.25) is 18.7 Å². The minimum absolute atomic E-state index is 0.0252. The number of carbonyl (C=O) groups is 2. The summed E-state index contributed by atoms with van der Waals surface area (Å²) >= 11 is 0. The normalized spacial score (nSPS) is 14.7. The van der Waals surface area contributed by atoms with Gasteiger partial charge in [0.25, 0.3) is 21.9 Å². The molecule has 0 aromatic heterocycles. The molecule has 0 spiro atoms. The van der Waals surface area contributed by atoms with E-state index in [1.165, 1.54) is 18.2 Å². The number of imide groups is 1. The van der Waals surface area contributed by atoms with Crippen LogP contribution < -0.4 is 0 Å². The predicted octanol–water partition coefficient (Wildman–Crippen LogP) is 1.84. The Balaban J connectivity index is 1.63. The van der Waals surface area contributed by atoms with Crippen LogP contribution in [-0.2, 0) is 23.9 Å². The highest BCUT2D eigenvalue weighted by Crippen LogP contribution is 2.23. The maximum atomic E-state index is 12.4. The molecule has 0 atom stereocenters. The van der Waals surface area contributed by atoms with E-state index in [4.69, 9.17) is 4.18 Å². The molecule has 2 aromatic carbocycles. The molecule has 6 nitrogen and oxygen atoms in total. The molecule has 1 aliphatic rings. The molecule has 0 radical (unpaired) electrons. The van der Waals surface area contributed by atoms with Crippen molar-refractivity contribution in [3.63, 3.8) is 0 Å². The second kappa shape index (κ2) is 7.00. The van der Waals surface area contributed by atoms with Gasteiger partial charge in [-0.2, -0.15) is 8.42 Å². The van der Waals surface area contributed by atoms with Crippen molar-refractivity contribution >= 4 is 27.5 Å². The molecule has 3 rings (SSSR count). The summed E-state index contributed by atoms with van der Waals surface area (Å²) in [6.07, 6.45) is 1.25. The van der Waals surface area contributed by atoms with E-state index in [-0.39, 0.29) is 23.6 Å². The van der Waals surface area contributed by atoms with Gasteiger partial charge in [0, 0.05) is 6.08 Å². The van der Waals surface area contributed by atoms with E-state index in [0.29, 0.717) is 5.56 Å². The highest BCUT2D eigenvalue weighted by atomic mass is 32.2. The van der Waals surface area contributed by atoms with Crippen LogP contribution in [0.5, 0.6) is 0 Å². The summed E-state index contributed by atoms with van der Waals surface area (Å²) < 4.78 is 29.0. The lowest BCUT2D eigenvalue weighted by Gasteiger charge is -2.15. The van der Waals surface area contributed by atoms with Gasteiger partial charge < -0.3 is 0 Å². The van der Waals surface area contributed by atoms with Crippen molar-refractivity contribution in [2.24, 2.45) is 0 Å². The topological polar surface area (TPSA) is 80.8 Å². The Morgan fingerprint density at radius 2 is 1.48 bits per heavy atom. The zero-order valence-electron chi connectivity index (χ0n) is 13.2. The van der Waals surface area contributed by atoms with Crippen LogP contribution in [0.1, 0.15) is 5.56 Å². The first-order valence-electron chi connectivity index (χ1n) is 7.56. The molecule has 1 heterocycles. The first kappa shape index (κ1) is 17.1. The second-order valence-corrected chi connectivity index (χ2v) is 6.92. The summed E-state index contributed by atoms with van der Waals surface area (Å²) in [5.41, 5.74) is 0.928. The molecule has 0 unspecified atom stereocenters. The molecule has 0 aliphatic carbocycles. The lowest BCUT2D eigenvalue weighted by Crippen LogP contribution is -2.34. The van der Waals surface area contributed by atoms with Gasteiger partial charge in [-0.25, -0.2) is 0 Å². The third kappa shape index (κ3) is 3.67. The molecular weight excluding hydrogens is 342 g/mol. The van der Waals surface area contributed by atoms with Crippen LogP contribution >= 0.6 is 0 Å². The molecule has 2 amide bonds. The van der Waals surface area contributed by atoms with Crippen molar-refractivity contribution in [1.82, 2.24) is 4.90 Å². The highest BCUT2D eigenvalue weighted by Gasteiger charge is 2.31. The van der Waals surface area contributed by atoms with E-state index in [9.17, 15) is 18.0 Å². The number of amides is 2. The molecule has 1 aliphatic heterocycles. The molecular formula is C18H15NO5S. The van der Waals surface area contributed by atoms with Gasteiger partial charge in [0.1, 0.15) is 0 Å². The van der Waals surface area contributed by atoms with E-state index < -0.39 is 21.9 Å². The smallest absolute Gasteiger partial charge is 0.272 e. The van der Waals surface area contributed by atoms with E-state index >= 15 is 0 Å². The summed E-state index contributed by atoms with van der Waals surface area (Å²) in [6.45, 7) is -0.443. The van der Waals surface area contributed by atoms with Gasteiger partial charge in [0.2, 0.25) is 0 Å². The molecule has 0 saturated carbocycles. The lowest BCUT2D eigenvalue weighted by molar-refractivity contribution is -0.136. The average Bonchev–Trinajstić information content (AvgIpc) is 2.91. The molecule has 0 N–H and O–H groups in total. The van der Waals surface area contributed by atoms with Crippen molar-refractivity contribution in [3.05, 3.63) is 72.3 Å². The van der Waals surface area contributed by atoms with Crippen LogP contribution in [0, 0.1) is 0 Å². The summed E-state index contributed by atoms with van der Waals surface area (Å²) in [5.74, 6) is -0.943. The van der Waals surface area contributed by atoms with E-state index in [0.717, 1.165) is 4.90 Å². The van der Waals surface area contributed by atoms with Crippen LogP contribution in [-0.4, -0.2) is 38.3 Å². The molecule has 0 saturated heterocycles. The summed E-state index contributed by atoms with van der Waals surface area (Å²) in [6, 6.07) is 16.5. The fourth-order valence-corrected chi connectivity index (χ4v) is 3.36. The molecule has 2 aromatic rings. The van der Waals surface area contributed by atoms with Crippen LogP contribution in [0.2, 0.25) is 0 Å². The first-order valence-corrected chi connectivity index (χ1v) is 8.97. The number of hydrogen-bond donors (Lipinski definition) is 0. The van der Waals surface area contributed by atoms with Gasteiger partial charge >= 0.3 is 0 Å². The van der Waals surface area contributed by atoms with Crippen LogP contribution in [0.4, 0.5) is 0 Å². The monoisotopic (exact) mass is 357 g/mol. The number of rotatable bonds is 6. The molecule has 7 heteroatoms. The molecule has 128 valence electrons. The minimum atomic E-state index is -3.92.